The molecular formula is C16H13ClN6OS. The smallest absolute Gasteiger partial charge is 0.250 e. The number of nitrogens with zero attached hydrogens (tertiary/aromatic N) is 5. The molecule has 0 aliphatic heterocycles. The molecule has 0 saturated carbocycles. The molecule has 126 valence electrons. The van der Waals surface area contributed by atoms with E-state index in [9.17, 15) is 4.79 Å². The minimum Gasteiger partial charge on any atom is -0.272 e. The highest BCUT2D eigenvalue weighted by atomic mass is 35.5. The van der Waals surface area contributed by atoms with E-state index in [4.69, 9.17) is 11.6 Å². The van der Waals surface area contributed by atoms with E-state index in [-0.39, 0.29) is 11.7 Å². The number of carbonyl (C=O) groups is 1. The highest BCUT2D eigenvalue weighted by Gasteiger charge is 2.10. The summed E-state index contributed by atoms with van der Waals surface area (Å²) in [4.78, 5) is 11.9. The molecule has 0 aliphatic rings. The molecule has 0 bridgehead atoms. The van der Waals surface area contributed by atoms with Crippen LogP contribution < -0.4 is 5.43 Å². The quantitative estimate of drug-likeness (QED) is 0.408. The first-order valence-corrected chi connectivity index (χ1v) is 8.63. The molecule has 25 heavy (non-hydrogen) atoms. The lowest BCUT2D eigenvalue weighted by molar-refractivity contribution is -0.118. The van der Waals surface area contributed by atoms with E-state index in [1.54, 1.807) is 35.2 Å². The van der Waals surface area contributed by atoms with Gasteiger partial charge in [-0.2, -0.15) is 9.78 Å². The zero-order chi connectivity index (χ0) is 17.5. The second-order valence-corrected chi connectivity index (χ2v) is 6.22. The zero-order valence-electron chi connectivity index (χ0n) is 12.9. The van der Waals surface area contributed by atoms with Crippen molar-refractivity contribution in [1.29, 1.82) is 0 Å². The molecular weight excluding hydrogens is 360 g/mol. The summed E-state index contributed by atoms with van der Waals surface area (Å²) >= 11 is 7.04. The van der Waals surface area contributed by atoms with Crippen molar-refractivity contribution in [2.24, 2.45) is 5.10 Å². The number of halogens is 1. The van der Waals surface area contributed by atoms with Gasteiger partial charge in [-0.1, -0.05) is 53.7 Å². The van der Waals surface area contributed by atoms with Crippen LogP contribution in [0.2, 0.25) is 5.02 Å². The van der Waals surface area contributed by atoms with Crippen molar-refractivity contribution >= 4 is 35.5 Å². The van der Waals surface area contributed by atoms with E-state index in [1.807, 2.05) is 30.3 Å². The Morgan fingerprint density at radius 1 is 1.20 bits per heavy atom. The van der Waals surface area contributed by atoms with E-state index >= 15 is 0 Å². The molecule has 1 heterocycles. The van der Waals surface area contributed by atoms with Crippen LogP contribution in [-0.2, 0) is 4.79 Å². The van der Waals surface area contributed by atoms with E-state index in [2.05, 4.69) is 26.1 Å². The molecule has 0 spiro atoms. The summed E-state index contributed by atoms with van der Waals surface area (Å²) in [6.45, 7) is 0. The van der Waals surface area contributed by atoms with Crippen LogP contribution in [0, 0.1) is 0 Å². The van der Waals surface area contributed by atoms with E-state index < -0.39 is 0 Å². The average Bonchev–Trinajstić information content (AvgIpc) is 3.11. The summed E-state index contributed by atoms with van der Waals surface area (Å²) < 4.78 is 1.58. The number of para-hydroxylation sites is 1. The Bertz CT molecular complexity index is 866. The normalized spacial score (nSPS) is 10.9. The molecule has 9 heteroatoms. The first-order chi connectivity index (χ1) is 12.2. The molecule has 0 saturated heterocycles. The fourth-order valence-corrected chi connectivity index (χ4v) is 2.70. The number of carbonyl (C=O) groups excluding carboxylic acids is 1. The number of amides is 1. The number of hydrogen-bond acceptors (Lipinski definition) is 6. The number of aromatic nitrogens is 4. The summed E-state index contributed by atoms with van der Waals surface area (Å²) in [6.07, 6.45) is 1.55. The van der Waals surface area contributed by atoms with Crippen molar-refractivity contribution in [3.63, 3.8) is 0 Å². The fourth-order valence-electron chi connectivity index (χ4n) is 1.89. The van der Waals surface area contributed by atoms with Crippen molar-refractivity contribution in [1.82, 2.24) is 25.6 Å². The Hall–Kier alpha value is -2.71. The van der Waals surface area contributed by atoms with Gasteiger partial charge in [0.2, 0.25) is 5.16 Å². The third kappa shape index (κ3) is 4.88. The Morgan fingerprint density at radius 3 is 2.72 bits per heavy atom. The van der Waals surface area contributed by atoms with Gasteiger partial charge in [-0.3, -0.25) is 4.79 Å². The van der Waals surface area contributed by atoms with Crippen LogP contribution in [0.1, 0.15) is 5.56 Å². The molecule has 0 radical (unpaired) electrons. The van der Waals surface area contributed by atoms with Gasteiger partial charge in [-0.15, -0.1) is 5.10 Å². The van der Waals surface area contributed by atoms with Gasteiger partial charge in [0.1, 0.15) is 0 Å². The molecule has 0 fully saturated rings. The number of benzene rings is 2. The van der Waals surface area contributed by atoms with Gasteiger partial charge < -0.3 is 0 Å². The second-order valence-electron chi connectivity index (χ2n) is 4.84. The summed E-state index contributed by atoms with van der Waals surface area (Å²) in [5.41, 5.74) is 4.13. The third-order valence-corrected chi connectivity index (χ3v) is 4.22. The molecule has 1 amide bonds. The third-order valence-electron chi connectivity index (χ3n) is 3.05. The molecule has 0 unspecified atom stereocenters. The van der Waals surface area contributed by atoms with Crippen LogP contribution in [0.15, 0.2) is 64.9 Å². The molecule has 2 aromatic carbocycles. The topological polar surface area (TPSA) is 85.1 Å². The molecule has 0 aliphatic carbocycles. The van der Waals surface area contributed by atoms with Gasteiger partial charge in [0.25, 0.3) is 5.91 Å². The molecule has 3 aromatic rings. The monoisotopic (exact) mass is 372 g/mol. The van der Waals surface area contributed by atoms with Gasteiger partial charge >= 0.3 is 0 Å². The van der Waals surface area contributed by atoms with Crippen molar-refractivity contribution in [3.05, 3.63) is 65.2 Å². The SMILES string of the molecule is O=C(CSc1nnnn1-c1ccccc1)N/N=C/c1ccc(Cl)cc1. The van der Waals surface area contributed by atoms with Crippen LogP contribution in [0.25, 0.3) is 5.69 Å². The van der Waals surface area contributed by atoms with E-state index in [0.29, 0.717) is 10.2 Å². The van der Waals surface area contributed by atoms with Crippen molar-refractivity contribution in [2.75, 3.05) is 5.75 Å². The van der Waals surface area contributed by atoms with E-state index in [1.165, 1.54) is 11.8 Å². The van der Waals surface area contributed by atoms with Gasteiger partial charge in [0, 0.05) is 5.02 Å². The van der Waals surface area contributed by atoms with Gasteiger partial charge in [-0.05, 0) is 40.3 Å². The van der Waals surface area contributed by atoms with Gasteiger partial charge in [-0.25, -0.2) is 5.43 Å². The van der Waals surface area contributed by atoms with Crippen LogP contribution in [0.3, 0.4) is 0 Å². The summed E-state index contributed by atoms with van der Waals surface area (Å²) in [7, 11) is 0. The van der Waals surface area contributed by atoms with Crippen molar-refractivity contribution in [3.8, 4) is 5.69 Å². The van der Waals surface area contributed by atoms with Crippen LogP contribution in [0.4, 0.5) is 0 Å². The number of hydrazone groups is 1. The van der Waals surface area contributed by atoms with E-state index in [0.717, 1.165) is 11.3 Å². The summed E-state index contributed by atoms with van der Waals surface area (Å²) in [6, 6.07) is 16.6. The second kappa shape index (κ2) is 8.41. The summed E-state index contributed by atoms with van der Waals surface area (Å²) in [5, 5.41) is 16.6. The Labute approximate surface area is 153 Å². The zero-order valence-corrected chi connectivity index (χ0v) is 14.5. The first-order valence-electron chi connectivity index (χ1n) is 7.26. The Morgan fingerprint density at radius 2 is 1.96 bits per heavy atom. The number of nitrogens with one attached hydrogen (secondary N) is 1. The molecule has 1 aromatic heterocycles. The molecule has 0 atom stereocenters. The van der Waals surface area contributed by atoms with Gasteiger partial charge in [0.15, 0.2) is 0 Å². The minimum absolute atomic E-state index is 0.144. The van der Waals surface area contributed by atoms with Crippen molar-refractivity contribution in [2.45, 2.75) is 5.16 Å². The fraction of sp³-hybridized carbons (Fsp3) is 0.0625. The molecule has 1 N–H and O–H groups in total. The molecule has 3 rings (SSSR count). The van der Waals surface area contributed by atoms with Crippen LogP contribution in [-0.4, -0.2) is 38.1 Å². The number of hydrogen-bond donors (Lipinski definition) is 1. The first kappa shape index (κ1) is 17.1. The maximum absolute atomic E-state index is 11.9. The van der Waals surface area contributed by atoms with Crippen molar-refractivity contribution < 1.29 is 4.79 Å². The number of tetrazole rings is 1. The Kier molecular flexibility index (Phi) is 5.76. The lowest BCUT2D eigenvalue weighted by Gasteiger charge is -2.03. The molecule has 7 nitrogen and oxygen atoms in total. The number of thioether (sulfide) groups is 1. The lowest BCUT2D eigenvalue weighted by atomic mass is 10.2. The highest BCUT2D eigenvalue weighted by Crippen LogP contribution is 2.17. The average molecular weight is 373 g/mol. The number of rotatable bonds is 6. The van der Waals surface area contributed by atoms with Gasteiger partial charge in [0.05, 0.1) is 17.7 Å². The maximum Gasteiger partial charge on any atom is 0.250 e. The summed E-state index contributed by atoms with van der Waals surface area (Å²) in [5.74, 6) is -0.108. The minimum atomic E-state index is -0.252. The largest absolute Gasteiger partial charge is 0.272 e. The van der Waals surface area contributed by atoms with Crippen LogP contribution >= 0.6 is 23.4 Å². The maximum atomic E-state index is 11.9. The predicted octanol–water partition coefficient (Wildman–Crippen LogP) is 2.56. The Balaban J connectivity index is 1.53. The van der Waals surface area contributed by atoms with Crippen LogP contribution in [0.5, 0.6) is 0 Å². The predicted molar refractivity (Wildman–Crippen MR) is 97.1 cm³/mol. The standard InChI is InChI=1S/C16H13ClN6OS/c17-13-8-6-12(7-9-13)10-18-19-15(24)11-25-16-20-21-22-23(16)14-4-2-1-3-5-14/h1-10H,11H2,(H,19,24)/b18-10+. The highest BCUT2D eigenvalue weighted by molar-refractivity contribution is 7.99. The lowest BCUT2D eigenvalue weighted by Crippen LogP contribution is -2.20.